The van der Waals surface area contributed by atoms with Crippen molar-refractivity contribution in [3.05, 3.63) is 29.8 Å². The van der Waals surface area contributed by atoms with E-state index in [4.69, 9.17) is 10.5 Å². The highest BCUT2D eigenvalue weighted by molar-refractivity contribution is 5.29. The van der Waals surface area contributed by atoms with E-state index in [0.29, 0.717) is 5.92 Å². The van der Waals surface area contributed by atoms with Gasteiger partial charge >= 0.3 is 0 Å². The summed E-state index contributed by atoms with van der Waals surface area (Å²) in [6.45, 7) is 2.28. The Labute approximate surface area is 104 Å². The fraction of sp³-hybridized carbons (Fsp3) is 0.600. The lowest BCUT2D eigenvalue weighted by Gasteiger charge is -2.20. The summed E-state index contributed by atoms with van der Waals surface area (Å²) >= 11 is 0. The molecule has 2 N–H and O–H groups in total. The summed E-state index contributed by atoms with van der Waals surface area (Å²) in [5.41, 5.74) is 7.61. The Morgan fingerprint density at radius 3 is 2.53 bits per heavy atom. The first-order valence-corrected chi connectivity index (χ1v) is 6.64. The lowest BCUT2D eigenvalue weighted by molar-refractivity contribution is 0.408. The highest BCUT2D eigenvalue weighted by Crippen LogP contribution is 2.39. The van der Waals surface area contributed by atoms with Gasteiger partial charge in [0.05, 0.1) is 7.11 Å². The van der Waals surface area contributed by atoms with Crippen LogP contribution in [0.25, 0.3) is 0 Å². The molecule has 0 saturated heterocycles. The third-order valence-corrected chi connectivity index (χ3v) is 4.17. The number of hydrogen-bond donors (Lipinski definition) is 1. The van der Waals surface area contributed by atoms with Crippen molar-refractivity contribution in [2.75, 3.05) is 7.11 Å². The van der Waals surface area contributed by atoms with Crippen molar-refractivity contribution in [1.29, 1.82) is 0 Å². The number of hydrogen-bond acceptors (Lipinski definition) is 2. The fourth-order valence-corrected chi connectivity index (χ4v) is 2.91. The van der Waals surface area contributed by atoms with Crippen molar-refractivity contribution in [2.45, 2.75) is 38.6 Å². The summed E-state index contributed by atoms with van der Waals surface area (Å²) in [7, 11) is 1.69. The Bertz CT molecular complexity index is 346. The van der Waals surface area contributed by atoms with Gasteiger partial charge in [0.15, 0.2) is 0 Å². The largest absolute Gasteiger partial charge is 0.497 e. The van der Waals surface area contributed by atoms with Gasteiger partial charge in [-0.2, -0.15) is 0 Å². The summed E-state index contributed by atoms with van der Waals surface area (Å²) in [5.74, 6) is 2.46. The number of benzene rings is 1. The standard InChI is InChI=1S/C15H23NO/c1-3-11-4-5-13(10-11)15(16)12-6-8-14(17-2)9-7-12/h6-9,11,13,15H,3-5,10,16H2,1-2H3. The zero-order chi connectivity index (χ0) is 12.3. The number of rotatable bonds is 4. The van der Waals surface area contributed by atoms with E-state index in [1.807, 2.05) is 12.1 Å². The SMILES string of the molecule is CCC1CCC(C(N)c2ccc(OC)cc2)C1. The predicted molar refractivity (Wildman–Crippen MR) is 71.0 cm³/mol. The summed E-state index contributed by atoms with van der Waals surface area (Å²) < 4.78 is 5.17. The third kappa shape index (κ3) is 2.81. The van der Waals surface area contributed by atoms with Crippen LogP contribution in [0.1, 0.15) is 44.2 Å². The van der Waals surface area contributed by atoms with Crippen molar-refractivity contribution in [1.82, 2.24) is 0 Å². The summed E-state index contributed by atoms with van der Waals surface area (Å²) in [4.78, 5) is 0. The minimum absolute atomic E-state index is 0.192. The van der Waals surface area contributed by atoms with Crippen LogP contribution in [-0.2, 0) is 0 Å². The molecule has 1 aliphatic carbocycles. The molecule has 17 heavy (non-hydrogen) atoms. The Morgan fingerprint density at radius 1 is 1.29 bits per heavy atom. The highest BCUT2D eigenvalue weighted by atomic mass is 16.5. The van der Waals surface area contributed by atoms with Crippen LogP contribution in [0, 0.1) is 11.8 Å². The molecular formula is C15H23NO. The minimum atomic E-state index is 0.192. The van der Waals surface area contributed by atoms with Crippen LogP contribution in [0.3, 0.4) is 0 Å². The van der Waals surface area contributed by atoms with Crippen molar-refractivity contribution >= 4 is 0 Å². The van der Waals surface area contributed by atoms with Gasteiger partial charge in [0, 0.05) is 6.04 Å². The minimum Gasteiger partial charge on any atom is -0.497 e. The second-order valence-corrected chi connectivity index (χ2v) is 5.15. The van der Waals surface area contributed by atoms with Gasteiger partial charge in [-0.25, -0.2) is 0 Å². The first kappa shape index (κ1) is 12.4. The average molecular weight is 233 g/mol. The third-order valence-electron chi connectivity index (χ3n) is 4.17. The van der Waals surface area contributed by atoms with E-state index in [1.165, 1.54) is 31.2 Å². The van der Waals surface area contributed by atoms with Crippen LogP contribution < -0.4 is 10.5 Å². The summed E-state index contributed by atoms with van der Waals surface area (Å²) in [5, 5.41) is 0. The van der Waals surface area contributed by atoms with E-state index >= 15 is 0 Å². The quantitative estimate of drug-likeness (QED) is 0.863. The molecule has 1 aromatic rings. The highest BCUT2D eigenvalue weighted by Gasteiger charge is 2.28. The number of ether oxygens (including phenoxy) is 1. The molecule has 2 rings (SSSR count). The second kappa shape index (κ2) is 5.54. The topological polar surface area (TPSA) is 35.2 Å². The molecule has 3 unspecified atom stereocenters. The van der Waals surface area contributed by atoms with E-state index in [2.05, 4.69) is 19.1 Å². The molecule has 1 aromatic carbocycles. The zero-order valence-corrected chi connectivity index (χ0v) is 10.9. The van der Waals surface area contributed by atoms with Gasteiger partial charge < -0.3 is 10.5 Å². The normalized spacial score (nSPS) is 25.8. The van der Waals surface area contributed by atoms with Crippen LogP contribution in [0.15, 0.2) is 24.3 Å². The molecule has 0 bridgehead atoms. The smallest absolute Gasteiger partial charge is 0.118 e. The second-order valence-electron chi connectivity index (χ2n) is 5.15. The molecule has 1 fully saturated rings. The Hall–Kier alpha value is -1.02. The van der Waals surface area contributed by atoms with Gasteiger partial charge in [0.1, 0.15) is 5.75 Å². The molecule has 94 valence electrons. The summed E-state index contributed by atoms with van der Waals surface area (Å²) in [6.07, 6.45) is 5.23. The molecule has 0 amide bonds. The molecule has 0 heterocycles. The van der Waals surface area contributed by atoms with Crippen LogP contribution in [0.5, 0.6) is 5.75 Å². The molecular weight excluding hydrogens is 210 g/mol. The van der Waals surface area contributed by atoms with Gasteiger partial charge in [-0.3, -0.25) is 0 Å². The maximum absolute atomic E-state index is 6.37. The number of nitrogens with two attached hydrogens (primary N) is 1. The molecule has 1 aliphatic rings. The molecule has 0 aliphatic heterocycles. The molecule has 0 radical (unpaired) electrons. The molecule has 0 aromatic heterocycles. The van der Waals surface area contributed by atoms with E-state index < -0.39 is 0 Å². The van der Waals surface area contributed by atoms with E-state index in [0.717, 1.165) is 11.7 Å². The van der Waals surface area contributed by atoms with Crippen molar-refractivity contribution < 1.29 is 4.74 Å². The maximum Gasteiger partial charge on any atom is 0.118 e. The van der Waals surface area contributed by atoms with Crippen LogP contribution >= 0.6 is 0 Å². The van der Waals surface area contributed by atoms with Gasteiger partial charge in [-0.05, 0) is 42.4 Å². The van der Waals surface area contributed by atoms with Crippen molar-refractivity contribution in [3.63, 3.8) is 0 Å². The summed E-state index contributed by atoms with van der Waals surface area (Å²) in [6, 6.07) is 8.39. The Morgan fingerprint density at radius 2 is 2.00 bits per heavy atom. The first-order valence-electron chi connectivity index (χ1n) is 6.64. The Balaban J connectivity index is 2.01. The monoisotopic (exact) mass is 233 g/mol. The van der Waals surface area contributed by atoms with Crippen molar-refractivity contribution in [2.24, 2.45) is 17.6 Å². The van der Waals surface area contributed by atoms with Gasteiger partial charge in [0.25, 0.3) is 0 Å². The zero-order valence-electron chi connectivity index (χ0n) is 10.9. The lowest BCUT2D eigenvalue weighted by atomic mass is 9.91. The van der Waals surface area contributed by atoms with E-state index in [9.17, 15) is 0 Å². The maximum atomic E-state index is 6.37. The molecule has 2 heteroatoms. The Kier molecular flexibility index (Phi) is 4.06. The predicted octanol–water partition coefficient (Wildman–Crippen LogP) is 3.52. The van der Waals surface area contributed by atoms with Crippen LogP contribution in [-0.4, -0.2) is 7.11 Å². The van der Waals surface area contributed by atoms with E-state index in [1.54, 1.807) is 7.11 Å². The van der Waals surface area contributed by atoms with E-state index in [-0.39, 0.29) is 6.04 Å². The lowest BCUT2D eigenvalue weighted by Crippen LogP contribution is -2.19. The number of methoxy groups -OCH3 is 1. The van der Waals surface area contributed by atoms with Gasteiger partial charge in [-0.1, -0.05) is 31.9 Å². The molecule has 1 saturated carbocycles. The van der Waals surface area contributed by atoms with Gasteiger partial charge in [0.2, 0.25) is 0 Å². The van der Waals surface area contributed by atoms with Crippen molar-refractivity contribution in [3.8, 4) is 5.75 Å². The first-order chi connectivity index (χ1) is 8.24. The fourth-order valence-electron chi connectivity index (χ4n) is 2.91. The van der Waals surface area contributed by atoms with Gasteiger partial charge in [-0.15, -0.1) is 0 Å². The van der Waals surface area contributed by atoms with Crippen LogP contribution in [0.2, 0.25) is 0 Å². The average Bonchev–Trinajstić information content (AvgIpc) is 2.87. The molecule has 0 spiro atoms. The molecule has 2 nitrogen and oxygen atoms in total. The molecule has 3 atom stereocenters. The van der Waals surface area contributed by atoms with Crippen LogP contribution in [0.4, 0.5) is 0 Å².